The molecule has 1 nitrogen and oxygen atoms in total. The zero-order chi connectivity index (χ0) is 12.0. The number of nitrogens with two attached hydrogens (primary N) is 1. The van der Waals surface area contributed by atoms with E-state index < -0.39 is 0 Å². The lowest BCUT2D eigenvalue weighted by Gasteiger charge is -2.13. The second kappa shape index (κ2) is 3.85. The van der Waals surface area contributed by atoms with E-state index in [0.717, 1.165) is 12.8 Å². The van der Waals surface area contributed by atoms with Crippen molar-refractivity contribution >= 4 is 11.3 Å². The molecule has 1 heterocycles. The van der Waals surface area contributed by atoms with E-state index >= 15 is 0 Å². The van der Waals surface area contributed by atoms with Gasteiger partial charge in [0.1, 0.15) is 0 Å². The standard InChI is InChI=1S/C14H23NS/c1-13(2)12(14(13,3)4)11(15)8-7-10-6-5-9-16-10/h5-6,9,11-12H,7-8,15H2,1-4H3. The molecule has 0 aliphatic heterocycles. The summed E-state index contributed by atoms with van der Waals surface area (Å²) >= 11 is 1.84. The fraction of sp³-hybridized carbons (Fsp3) is 0.714. The molecule has 1 aromatic rings. The van der Waals surface area contributed by atoms with E-state index in [-0.39, 0.29) is 0 Å². The van der Waals surface area contributed by atoms with Crippen LogP contribution in [0.2, 0.25) is 0 Å². The minimum absolute atomic E-state index is 0.354. The van der Waals surface area contributed by atoms with Crippen LogP contribution >= 0.6 is 11.3 Å². The lowest BCUT2D eigenvalue weighted by Crippen LogP contribution is -2.26. The van der Waals surface area contributed by atoms with Crippen molar-refractivity contribution in [3.63, 3.8) is 0 Å². The van der Waals surface area contributed by atoms with Gasteiger partial charge in [0.2, 0.25) is 0 Å². The summed E-state index contributed by atoms with van der Waals surface area (Å²) in [7, 11) is 0. The molecular weight excluding hydrogens is 214 g/mol. The molecule has 1 saturated carbocycles. The van der Waals surface area contributed by atoms with E-state index in [0.29, 0.717) is 22.8 Å². The van der Waals surface area contributed by atoms with Crippen molar-refractivity contribution < 1.29 is 0 Å². The first-order valence-corrected chi connectivity index (χ1v) is 7.03. The molecule has 0 bridgehead atoms. The molecule has 0 radical (unpaired) electrons. The van der Waals surface area contributed by atoms with Gasteiger partial charge in [-0.3, -0.25) is 0 Å². The number of hydrogen-bond donors (Lipinski definition) is 1. The monoisotopic (exact) mass is 237 g/mol. The second-order valence-corrected chi connectivity index (χ2v) is 7.24. The summed E-state index contributed by atoms with van der Waals surface area (Å²) in [6, 6.07) is 4.68. The maximum absolute atomic E-state index is 6.35. The third-order valence-corrected chi connectivity index (χ3v) is 5.80. The Morgan fingerprint density at radius 1 is 1.31 bits per heavy atom. The molecule has 0 amide bonds. The highest BCUT2D eigenvalue weighted by molar-refractivity contribution is 7.09. The molecule has 2 heteroatoms. The first-order chi connectivity index (χ1) is 7.37. The van der Waals surface area contributed by atoms with E-state index in [1.807, 2.05) is 11.3 Å². The van der Waals surface area contributed by atoms with Crippen LogP contribution in [0.4, 0.5) is 0 Å². The zero-order valence-corrected chi connectivity index (χ0v) is 11.6. The number of aryl methyl sites for hydroxylation is 1. The van der Waals surface area contributed by atoms with Crippen molar-refractivity contribution in [3.05, 3.63) is 22.4 Å². The third-order valence-electron chi connectivity index (χ3n) is 4.86. The SMILES string of the molecule is CC1(C)C(C(N)CCc2cccs2)C1(C)C. The maximum atomic E-state index is 6.35. The molecule has 0 aromatic carbocycles. The predicted molar refractivity (Wildman–Crippen MR) is 71.7 cm³/mol. The van der Waals surface area contributed by atoms with Gasteiger partial charge in [-0.15, -0.1) is 11.3 Å². The molecule has 2 N–H and O–H groups in total. The van der Waals surface area contributed by atoms with Crippen LogP contribution in [0.1, 0.15) is 39.0 Å². The highest BCUT2D eigenvalue weighted by atomic mass is 32.1. The van der Waals surface area contributed by atoms with Gasteiger partial charge in [-0.05, 0) is 41.0 Å². The Kier molecular flexibility index (Phi) is 2.92. The van der Waals surface area contributed by atoms with E-state index in [4.69, 9.17) is 5.73 Å². The topological polar surface area (TPSA) is 26.0 Å². The normalized spacial score (nSPS) is 24.3. The van der Waals surface area contributed by atoms with Crippen LogP contribution in [-0.4, -0.2) is 6.04 Å². The number of hydrogen-bond acceptors (Lipinski definition) is 2. The van der Waals surface area contributed by atoms with Gasteiger partial charge >= 0.3 is 0 Å². The lowest BCUT2D eigenvalue weighted by molar-refractivity contribution is 0.457. The highest BCUT2D eigenvalue weighted by Crippen LogP contribution is 2.69. The summed E-state index contributed by atoms with van der Waals surface area (Å²) < 4.78 is 0. The first kappa shape index (κ1) is 12.1. The fourth-order valence-corrected chi connectivity index (χ4v) is 3.97. The molecule has 90 valence electrons. The summed E-state index contributed by atoms with van der Waals surface area (Å²) in [5.74, 6) is 0.681. The molecule has 1 fully saturated rings. The Labute approximate surface area is 103 Å². The molecule has 16 heavy (non-hydrogen) atoms. The minimum atomic E-state index is 0.354. The maximum Gasteiger partial charge on any atom is 0.00812 e. The van der Waals surface area contributed by atoms with Crippen molar-refractivity contribution in [2.45, 2.75) is 46.6 Å². The van der Waals surface area contributed by atoms with Gasteiger partial charge < -0.3 is 5.73 Å². The van der Waals surface area contributed by atoms with Crippen LogP contribution < -0.4 is 5.73 Å². The van der Waals surface area contributed by atoms with E-state index in [1.165, 1.54) is 4.88 Å². The fourth-order valence-electron chi connectivity index (χ4n) is 3.25. The van der Waals surface area contributed by atoms with Crippen LogP contribution in [0.15, 0.2) is 17.5 Å². The Morgan fingerprint density at radius 2 is 1.94 bits per heavy atom. The van der Waals surface area contributed by atoms with Gasteiger partial charge in [-0.2, -0.15) is 0 Å². The largest absolute Gasteiger partial charge is 0.327 e. The summed E-state index contributed by atoms with van der Waals surface area (Å²) in [4.78, 5) is 1.46. The molecule has 0 spiro atoms. The van der Waals surface area contributed by atoms with Crippen LogP contribution in [-0.2, 0) is 6.42 Å². The van der Waals surface area contributed by atoms with Crippen LogP contribution in [0.25, 0.3) is 0 Å². The van der Waals surface area contributed by atoms with E-state index in [2.05, 4.69) is 45.2 Å². The van der Waals surface area contributed by atoms with Gasteiger partial charge in [0.05, 0.1) is 0 Å². The van der Waals surface area contributed by atoms with Gasteiger partial charge in [0.15, 0.2) is 0 Å². The zero-order valence-electron chi connectivity index (χ0n) is 10.8. The first-order valence-electron chi connectivity index (χ1n) is 6.15. The van der Waals surface area contributed by atoms with Crippen LogP contribution in [0.5, 0.6) is 0 Å². The second-order valence-electron chi connectivity index (χ2n) is 6.20. The predicted octanol–water partition coefficient (Wildman–Crippen LogP) is 3.69. The average Bonchev–Trinajstić information content (AvgIpc) is 2.61. The van der Waals surface area contributed by atoms with Gasteiger partial charge in [-0.25, -0.2) is 0 Å². The summed E-state index contributed by atoms with van der Waals surface area (Å²) in [5.41, 5.74) is 7.19. The Hall–Kier alpha value is -0.340. The van der Waals surface area contributed by atoms with Crippen molar-refractivity contribution in [1.29, 1.82) is 0 Å². The summed E-state index contributed by atoms with van der Waals surface area (Å²) in [6.45, 7) is 9.40. The van der Waals surface area contributed by atoms with Gasteiger partial charge in [-0.1, -0.05) is 33.8 Å². The smallest absolute Gasteiger partial charge is 0.00812 e. The molecule has 2 rings (SSSR count). The Morgan fingerprint density at radius 3 is 2.38 bits per heavy atom. The lowest BCUT2D eigenvalue weighted by atomic mass is 10.0. The van der Waals surface area contributed by atoms with Gasteiger partial charge in [0.25, 0.3) is 0 Å². The molecule has 1 aliphatic carbocycles. The molecule has 0 saturated heterocycles. The number of rotatable bonds is 4. The van der Waals surface area contributed by atoms with E-state index in [1.54, 1.807) is 0 Å². The highest BCUT2D eigenvalue weighted by Gasteiger charge is 2.66. The summed E-state index contributed by atoms with van der Waals surface area (Å²) in [5, 5.41) is 2.14. The molecule has 1 aliphatic rings. The molecule has 1 atom stereocenters. The van der Waals surface area contributed by atoms with Crippen molar-refractivity contribution in [2.24, 2.45) is 22.5 Å². The van der Waals surface area contributed by atoms with Crippen LogP contribution in [0, 0.1) is 16.7 Å². The quantitative estimate of drug-likeness (QED) is 0.849. The third kappa shape index (κ3) is 1.82. The van der Waals surface area contributed by atoms with E-state index in [9.17, 15) is 0 Å². The van der Waals surface area contributed by atoms with Crippen LogP contribution in [0.3, 0.4) is 0 Å². The molecule has 1 aromatic heterocycles. The number of thiophene rings is 1. The van der Waals surface area contributed by atoms with Crippen molar-refractivity contribution in [2.75, 3.05) is 0 Å². The molecule has 1 unspecified atom stereocenters. The molecular formula is C14H23NS. The Bertz CT molecular complexity index is 337. The minimum Gasteiger partial charge on any atom is -0.327 e. The summed E-state index contributed by atoms with van der Waals surface area (Å²) in [6.07, 6.45) is 2.26. The van der Waals surface area contributed by atoms with Crippen molar-refractivity contribution in [3.8, 4) is 0 Å². The average molecular weight is 237 g/mol. The van der Waals surface area contributed by atoms with Crippen molar-refractivity contribution in [1.82, 2.24) is 0 Å². The Balaban J connectivity index is 1.89. The van der Waals surface area contributed by atoms with Gasteiger partial charge in [0, 0.05) is 10.9 Å².